The molecule has 3 amide bonds. The zero-order chi connectivity index (χ0) is 26.5. The van der Waals surface area contributed by atoms with Gasteiger partial charge in [0.15, 0.2) is 0 Å². The molecule has 1 fully saturated rings. The fourth-order valence-corrected chi connectivity index (χ4v) is 4.76. The van der Waals surface area contributed by atoms with E-state index in [2.05, 4.69) is 10.6 Å². The first-order valence-electron chi connectivity index (χ1n) is 12.5. The molecule has 9 heteroatoms. The first-order valence-corrected chi connectivity index (χ1v) is 12.9. The molecule has 1 aliphatic heterocycles. The SMILES string of the molecule is CCCOC(=O)c1cccc(NC(=O)c2ccc(C)c(NC3=C(Cl)C(=O)N(C4CCCCC4)C3=O)c2)c1. The molecule has 2 aromatic rings. The second-order valence-electron chi connectivity index (χ2n) is 9.29. The Labute approximate surface area is 221 Å². The number of nitrogens with zero attached hydrogens (tertiary/aromatic N) is 1. The number of halogens is 1. The molecule has 1 saturated carbocycles. The van der Waals surface area contributed by atoms with Gasteiger partial charge in [0.05, 0.1) is 12.2 Å². The quantitative estimate of drug-likeness (QED) is 0.355. The van der Waals surface area contributed by atoms with E-state index in [-0.39, 0.29) is 16.8 Å². The highest BCUT2D eigenvalue weighted by Gasteiger charge is 2.42. The third-order valence-electron chi connectivity index (χ3n) is 6.55. The van der Waals surface area contributed by atoms with Crippen LogP contribution in [0.3, 0.4) is 0 Å². The smallest absolute Gasteiger partial charge is 0.338 e. The summed E-state index contributed by atoms with van der Waals surface area (Å²) in [5.41, 5.74) is 2.39. The molecule has 0 saturated heterocycles. The predicted molar refractivity (Wildman–Crippen MR) is 141 cm³/mol. The Morgan fingerprint density at radius 2 is 1.78 bits per heavy atom. The second-order valence-corrected chi connectivity index (χ2v) is 9.66. The van der Waals surface area contributed by atoms with Gasteiger partial charge in [-0.15, -0.1) is 0 Å². The second kappa shape index (κ2) is 11.6. The average Bonchev–Trinajstić information content (AvgIpc) is 3.11. The number of imide groups is 1. The van der Waals surface area contributed by atoms with E-state index in [4.69, 9.17) is 16.3 Å². The van der Waals surface area contributed by atoms with Crippen LogP contribution in [-0.4, -0.2) is 41.2 Å². The van der Waals surface area contributed by atoms with Crippen LogP contribution in [0.4, 0.5) is 11.4 Å². The van der Waals surface area contributed by atoms with Gasteiger partial charge < -0.3 is 15.4 Å². The molecule has 37 heavy (non-hydrogen) atoms. The van der Waals surface area contributed by atoms with E-state index >= 15 is 0 Å². The van der Waals surface area contributed by atoms with Gasteiger partial charge in [-0.2, -0.15) is 0 Å². The van der Waals surface area contributed by atoms with E-state index in [0.29, 0.717) is 35.5 Å². The number of hydrogen-bond donors (Lipinski definition) is 2. The third-order valence-corrected chi connectivity index (χ3v) is 6.90. The van der Waals surface area contributed by atoms with Crippen LogP contribution in [-0.2, 0) is 14.3 Å². The third kappa shape index (κ3) is 5.85. The molecule has 1 aliphatic carbocycles. The predicted octanol–water partition coefficient (Wildman–Crippen LogP) is 5.38. The van der Waals surface area contributed by atoms with Crippen LogP contribution < -0.4 is 10.6 Å². The van der Waals surface area contributed by atoms with Gasteiger partial charge in [-0.25, -0.2) is 4.79 Å². The van der Waals surface area contributed by atoms with Crippen molar-refractivity contribution in [3.8, 4) is 0 Å². The minimum atomic E-state index is -0.482. The molecule has 4 rings (SSSR count). The lowest BCUT2D eigenvalue weighted by Gasteiger charge is -2.29. The number of benzene rings is 2. The van der Waals surface area contributed by atoms with Crippen LogP contribution in [0.15, 0.2) is 53.2 Å². The molecule has 2 aromatic carbocycles. The number of esters is 1. The summed E-state index contributed by atoms with van der Waals surface area (Å²) in [4.78, 5) is 52.3. The Bertz CT molecular complexity index is 1270. The van der Waals surface area contributed by atoms with Crippen molar-refractivity contribution in [3.63, 3.8) is 0 Å². The van der Waals surface area contributed by atoms with Crippen molar-refractivity contribution in [1.29, 1.82) is 0 Å². The largest absolute Gasteiger partial charge is 0.462 e. The Kier molecular flexibility index (Phi) is 8.28. The van der Waals surface area contributed by atoms with Crippen LogP contribution >= 0.6 is 11.6 Å². The summed E-state index contributed by atoms with van der Waals surface area (Å²) < 4.78 is 5.16. The Morgan fingerprint density at radius 3 is 2.51 bits per heavy atom. The Hall–Kier alpha value is -3.65. The van der Waals surface area contributed by atoms with Gasteiger partial charge in [-0.05, 0) is 62.1 Å². The van der Waals surface area contributed by atoms with E-state index in [1.54, 1.807) is 42.5 Å². The topological polar surface area (TPSA) is 105 Å². The van der Waals surface area contributed by atoms with Crippen molar-refractivity contribution in [2.24, 2.45) is 0 Å². The standard InChI is InChI=1S/C28H30ClN3O5/c1-3-14-37-28(36)19-8-7-9-20(15-19)30-25(33)18-13-12-17(2)22(16-18)31-24-23(29)26(34)32(27(24)35)21-10-5-4-6-11-21/h7-9,12-13,15-16,21,31H,3-6,10-11,14H2,1-2H3,(H,30,33). The van der Waals surface area contributed by atoms with Crippen LogP contribution in [0.25, 0.3) is 0 Å². The first kappa shape index (κ1) is 26.4. The number of amides is 3. The lowest BCUT2D eigenvalue weighted by molar-refractivity contribution is -0.140. The van der Waals surface area contributed by atoms with Crippen LogP contribution in [0, 0.1) is 6.92 Å². The number of anilines is 2. The minimum Gasteiger partial charge on any atom is -0.462 e. The van der Waals surface area contributed by atoms with E-state index in [1.807, 2.05) is 13.8 Å². The molecule has 2 N–H and O–H groups in total. The molecule has 0 bridgehead atoms. The normalized spacial score (nSPS) is 16.2. The summed E-state index contributed by atoms with van der Waals surface area (Å²) in [7, 11) is 0. The summed E-state index contributed by atoms with van der Waals surface area (Å²) in [5.74, 6) is -1.78. The number of hydrogen-bond acceptors (Lipinski definition) is 6. The summed E-state index contributed by atoms with van der Waals surface area (Å²) in [6.45, 7) is 4.05. The zero-order valence-electron chi connectivity index (χ0n) is 20.9. The molecule has 0 radical (unpaired) electrons. The first-order chi connectivity index (χ1) is 17.8. The fourth-order valence-electron chi connectivity index (χ4n) is 4.54. The van der Waals surface area contributed by atoms with Crippen LogP contribution in [0.2, 0.25) is 0 Å². The highest BCUT2D eigenvalue weighted by atomic mass is 35.5. The highest BCUT2D eigenvalue weighted by molar-refractivity contribution is 6.48. The maximum Gasteiger partial charge on any atom is 0.338 e. The minimum absolute atomic E-state index is 0.0243. The monoisotopic (exact) mass is 523 g/mol. The molecule has 8 nitrogen and oxygen atoms in total. The van der Waals surface area contributed by atoms with Crippen molar-refractivity contribution in [2.45, 2.75) is 58.4 Å². The van der Waals surface area contributed by atoms with Crippen molar-refractivity contribution in [2.75, 3.05) is 17.2 Å². The van der Waals surface area contributed by atoms with Gasteiger partial charge in [-0.3, -0.25) is 19.3 Å². The molecule has 1 heterocycles. The summed E-state index contributed by atoms with van der Waals surface area (Å²) in [6, 6.07) is 11.4. The van der Waals surface area contributed by atoms with Crippen molar-refractivity contribution in [3.05, 3.63) is 69.9 Å². The molecular formula is C28H30ClN3O5. The number of rotatable bonds is 8. The highest BCUT2D eigenvalue weighted by Crippen LogP contribution is 2.33. The lowest BCUT2D eigenvalue weighted by atomic mass is 9.94. The van der Waals surface area contributed by atoms with Crippen molar-refractivity contribution < 1.29 is 23.9 Å². The molecular weight excluding hydrogens is 494 g/mol. The molecule has 0 aromatic heterocycles. The Balaban J connectivity index is 1.49. The maximum atomic E-state index is 13.1. The molecule has 0 unspecified atom stereocenters. The van der Waals surface area contributed by atoms with E-state index in [1.165, 1.54) is 4.90 Å². The maximum absolute atomic E-state index is 13.1. The summed E-state index contributed by atoms with van der Waals surface area (Å²) >= 11 is 6.31. The summed E-state index contributed by atoms with van der Waals surface area (Å²) in [6.07, 6.45) is 5.32. The molecule has 2 aliphatic rings. The van der Waals surface area contributed by atoms with Gasteiger partial charge in [0.1, 0.15) is 10.7 Å². The van der Waals surface area contributed by atoms with Gasteiger partial charge in [-0.1, -0.05) is 49.9 Å². The lowest BCUT2D eigenvalue weighted by Crippen LogP contribution is -2.42. The van der Waals surface area contributed by atoms with Gasteiger partial charge in [0.2, 0.25) is 0 Å². The van der Waals surface area contributed by atoms with E-state index in [0.717, 1.165) is 37.7 Å². The Morgan fingerprint density at radius 1 is 1.03 bits per heavy atom. The van der Waals surface area contributed by atoms with Crippen LogP contribution in [0.1, 0.15) is 71.7 Å². The van der Waals surface area contributed by atoms with Gasteiger partial charge >= 0.3 is 5.97 Å². The van der Waals surface area contributed by atoms with Crippen LogP contribution in [0.5, 0.6) is 0 Å². The zero-order valence-corrected chi connectivity index (χ0v) is 21.7. The number of carbonyl (C=O) groups excluding carboxylic acids is 4. The number of aryl methyl sites for hydroxylation is 1. The average molecular weight is 524 g/mol. The van der Waals surface area contributed by atoms with E-state index < -0.39 is 23.7 Å². The number of nitrogens with one attached hydrogen (secondary N) is 2. The number of carbonyl (C=O) groups is 4. The van der Waals surface area contributed by atoms with E-state index in [9.17, 15) is 19.2 Å². The van der Waals surface area contributed by atoms with Crippen molar-refractivity contribution in [1.82, 2.24) is 4.90 Å². The molecule has 0 spiro atoms. The van der Waals surface area contributed by atoms with Gasteiger partial charge in [0, 0.05) is 23.0 Å². The van der Waals surface area contributed by atoms with Gasteiger partial charge in [0.25, 0.3) is 17.7 Å². The van der Waals surface area contributed by atoms with Crippen molar-refractivity contribution >= 4 is 46.7 Å². The summed E-state index contributed by atoms with van der Waals surface area (Å²) in [5, 5.41) is 5.65. The molecule has 194 valence electrons. The fraction of sp³-hybridized carbons (Fsp3) is 0.357. The molecule has 0 atom stereocenters. The number of ether oxygens (including phenoxy) is 1.